The summed E-state index contributed by atoms with van der Waals surface area (Å²) < 4.78 is 0. The minimum atomic E-state index is 0.370. The lowest BCUT2D eigenvalue weighted by Gasteiger charge is -2.04. The van der Waals surface area contributed by atoms with E-state index < -0.39 is 0 Å². The van der Waals surface area contributed by atoms with Gasteiger partial charge >= 0.3 is 0 Å². The molecule has 0 unspecified atom stereocenters. The van der Waals surface area contributed by atoms with Gasteiger partial charge < -0.3 is 5.11 Å². The number of aliphatic hydroxyl groups excluding tert-OH is 1. The fourth-order valence-electron chi connectivity index (χ4n) is 1.90. The number of hydrogen-bond donors (Lipinski definition) is 1. The van der Waals surface area contributed by atoms with E-state index >= 15 is 0 Å². The molecule has 0 aliphatic rings. The molecule has 0 aliphatic carbocycles. The van der Waals surface area contributed by atoms with Gasteiger partial charge in [0.1, 0.15) is 0 Å². The summed E-state index contributed by atoms with van der Waals surface area (Å²) in [6.45, 7) is 4.98. The van der Waals surface area contributed by atoms with Gasteiger partial charge in [-0.3, -0.25) is 0 Å². The van der Waals surface area contributed by atoms with Gasteiger partial charge in [0.05, 0.1) is 0 Å². The van der Waals surface area contributed by atoms with Gasteiger partial charge in [-0.05, 0) is 12.3 Å². The lowest BCUT2D eigenvalue weighted by Crippen LogP contribution is -1.87. The molecule has 0 amide bonds. The Bertz CT molecular complexity index is 110. The summed E-state index contributed by atoms with van der Waals surface area (Å²) in [6, 6.07) is 0. The van der Waals surface area contributed by atoms with E-state index in [9.17, 15) is 0 Å². The fraction of sp³-hybridized carbons (Fsp3) is 1.00. The highest BCUT2D eigenvalue weighted by Gasteiger charge is 1.95. The molecule has 0 aromatic rings. The first-order chi connectivity index (χ1) is 7.27. The first kappa shape index (κ1) is 15.0. The molecular weight excluding hydrogens is 184 g/mol. The zero-order valence-corrected chi connectivity index (χ0v) is 10.8. The minimum Gasteiger partial charge on any atom is -0.396 e. The largest absolute Gasteiger partial charge is 0.396 e. The van der Waals surface area contributed by atoms with Crippen molar-refractivity contribution >= 4 is 0 Å². The third-order valence-electron chi connectivity index (χ3n) is 2.94. The molecule has 0 aliphatic heterocycles. The van der Waals surface area contributed by atoms with Crippen molar-refractivity contribution in [1.82, 2.24) is 0 Å². The Balaban J connectivity index is 2.87. The average Bonchev–Trinajstić information content (AvgIpc) is 2.20. The average molecular weight is 214 g/mol. The van der Waals surface area contributed by atoms with Crippen molar-refractivity contribution < 1.29 is 5.11 Å². The van der Waals surface area contributed by atoms with Gasteiger partial charge in [0, 0.05) is 6.61 Å². The van der Waals surface area contributed by atoms with Crippen LogP contribution in [0.25, 0.3) is 0 Å². The van der Waals surface area contributed by atoms with E-state index in [1.54, 1.807) is 0 Å². The quantitative estimate of drug-likeness (QED) is 0.501. The molecule has 0 bridgehead atoms. The maximum atomic E-state index is 8.61. The van der Waals surface area contributed by atoms with Crippen LogP contribution in [0.4, 0.5) is 0 Å². The fourth-order valence-corrected chi connectivity index (χ4v) is 1.90. The van der Waals surface area contributed by atoms with Crippen LogP contribution in [0.5, 0.6) is 0 Å². The molecule has 0 fully saturated rings. The molecule has 0 aromatic heterocycles. The molecule has 0 aromatic carbocycles. The molecule has 0 saturated carbocycles. The van der Waals surface area contributed by atoms with E-state index in [1.165, 1.54) is 57.8 Å². The predicted molar refractivity (Wildman–Crippen MR) is 68.1 cm³/mol. The number of unbranched alkanes of at least 4 members (excludes halogenated alkanes) is 8. The SMILES string of the molecule is CC(C)CCCCCCCCCCCO. The van der Waals surface area contributed by atoms with Gasteiger partial charge in [0.15, 0.2) is 0 Å². The molecule has 92 valence electrons. The first-order valence-corrected chi connectivity index (χ1v) is 6.88. The van der Waals surface area contributed by atoms with Crippen LogP contribution in [0.2, 0.25) is 0 Å². The van der Waals surface area contributed by atoms with Crippen LogP contribution in [-0.4, -0.2) is 11.7 Å². The van der Waals surface area contributed by atoms with Crippen molar-refractivity contribution in [2.24, 2.45) is 5.92 Å². The monoisotopic (exact) mass is 214 g/mol. The van der Waals surface area contributed by atoms with Crippen LogP contribution in [0.1, 0.15) is 78.1 Å². The molecule has 15 heavy (non-hydrogen) atoms. The molecule has 0 saturated heterocycles. The van der Waals surface area contributed by atoms with Crippen LogP contribution < -0.4 is 0 Å². The van der Waals surface area contributed by atoms with Crippen molar-refractivity contribution in [3.05, 3.63) is 0 Å². The van der Waals surface area contributed by atoms with Gasteiger partial charge in [-0.15, -0.1) is 0 Å². The molecule has 0 spiro atoms. The van der Waals surface area contributed by atoms with E-state index in [2.05, 4.69) is 13.8 Å². The second-order valence-electron chi connectivity index (χ2n) is 5.09. The maximum Gasteiger partial charge on any atom is 0.0431 e. The molecule has 0 heterocycles. The number of rotatable bonds is 11. The third-order valence-corrected chi connectivity index (χ3v) is 2.94. The molecule has 0 radical (unpaired) electrons. The molecule has 1 N–H and O–H groups in total. The summed E-state index contributed by atoms with van der Waals surface area (Å²) >= 11 is 0. The molecule has 1 nitrogen and oxygen atoms in total. The van der Waals surface area contributed by atoms with E-state index in [0.29, 0.717) is 6.61 Å². The Labute approximate surface area is 96.3 Å². The Morgan fingerprint density at radius 1 is 0.667 bits per heavy atom. The molecule has 1 heteroatoms. The number of hydrogen-bond acceptors (Lipinski definition) is 1. The van der Waals surface area contributed by atoms with Gasteiger partial charge in [-0.2, -0.15) is 0 Å². The number of aliphatic hydroxyl groups is 1. The van der Waals surface area contributed by atoms with Crippen LogP contribution in [-0.2, 0) is 0 Å². The van der Waals surface area contributed by atoms with Crippen molar-refractivity contribution in [2.45, 2.75) is 78.1 Å². The lowest BCUT2D eigenvalue weighted by molar-refractivity contribution is 0.282. The highest BCUT2D eigenvalue weighted by atomic mass is 16.2. The summed E-state index contributed by atoms with van der Waals surface area (Å²) in [5, 5.41) is 8.61. The second kappa shape index (κ2) is 12.0. The summed E-state index contributed by atoms with van der Waals surface area (Å²) in [4.78, 5) is 0. The van der Waals surface area contributed by atoms with Crippen LogP contribution in [0.3, 0.4) is 0 Å². The van der Waals surface area contributed by atoms with Gasteiger partial charge in [0.25, 0.3) is 0 Å². The van der Waals surface area contributed by atoms with E-state index in [0.717, 1.165) is 12.3 Å². The van der Waals surface area contributed by atoms with Crippen LogP contribution in [0, 0.1) is 5.92 Å². The Kier molecular flexibility index (Phi) is 12.0. The van der Waals surface area contributed by atoms with E-state index in [4.69, 9.17) is 5.11 Å². The lowest BCUT2D eigenvalue weighted by atomic mass is 10.0. The summed E-state index contributed by atoms with van der Waals surface area (Å²) in [5.74, 6) is 0.878. The Morgan fingerprint density at radius 2 is 1.07 bits per heavy atom. The molecule has 0 rings (SSSR count). The van der Waals surface area contributed by atoms with E-state index in [1.807, 2.05) is 0 Å². The maximum absolute atomic E-state index is 8.61. The van der Waals surface area contributed by atoms with Crippen molar-refractivity contribution in [1.29, 1.82) is 0 Å². The highest BCUT2D eigenvalue weighted by Crippen LogP contribution is 2.12. The predicted octanol–water partition coefficient (Wildman–Crippen LogP) is 4.54. The first-order valence-electron chi connectivity index (χ1n) is 6.88. The zero-order chi connectivity index (χ0) is 11.4. The smallest absolute Gasteiger partial charge is 0.0431 e. The van der Waals surface area contributed by atoms with Crippen molar-refractivity contribution in [3.8, 4) is 0 Å². The highest BCUT2D eigenvalue weighted by molar-refractivity contribution is 4.49. The van der Waals surface area contributed by atoms with Crippen molar-refractivity contribution in [3.63, 3.8) is 0 Å². The third kappa shape index (κ3) is 14.0. The Morgan fingerprint density at radius 3 is 1.47 bits per heavy atom. The summed E-state index contributed by atoms with van der Waals surface area (Å²) in [7, 11) is 0. The Hall–Kier alpha value is -0.0400. The van der Waals surface area contributed by atoms with Crippen LogP contribution >= 0.6 is 0 Å². The topological polar surface area (TPSA) is 20.2 Å². The normalized spacial score (nSPS) is 11.2. The van der Waals surface area contributed by atoms with Gasteiger partial charge in [0.2, 0.25) is 0 Å². The van der Waals surface area contributed by atoms with E-state index in [-0.39, 0.29) is 0 Å². The summed E-state index contributed by atoms with van der Waals surface area (Å²) in [6.07, 6.45) is 13.4. The standard InChI is InChI=1S/C14H30O/c1-14(2)12-10-8-6-4-3-5-7-9-11-13-15/h14-15H,3-13H2,1-2H3. The summed E-state index contributed by atoms with van der Waals surface area (Å²) in [5.41, 5.74) is 0. The van der Waals surface area contributed by atoms with Crippen LogP contribution in [0.15, 0.2) is 0 Å². The van der Waals surface area contributed by atoms with Gasteiger partial charge in [-0.1, -0.05) is 71.6 Å². The minimum absolute atomic E-state index is 0.370. The van der Waals surface area contributed by atoms with Gasteiger partial charge in [-0.25, -0.2) is 0 Å². The van der Waals surface area contributed by atoms with Crippen molar-refractivity contribution in [2.75, 3.05) is 6.61 Å². The molecular formula is C14H30O. The second-order valence-corrected chi connectivity index (χ2v) is 5.09. The zero-order valence-electron chi connectivity index (χ0n) is 10.8. The molecule has 0 atom stereocenters.